The minimum atomic E-state index is 0.589. The Morgan fingerprint density at radius 3 is 2.52 bits per heavy atom. The standard InChI is InChI=1S/C14H27N7/c1-10(2)21-7-6-11(9-21)8-16-13-17-12(15-3)18-14(19-13)20(4)5/h10-11H,6-9H2,1-5H3,(H2,15,16,17,18,19). The Morgan fingerprint density at radius 2 is 1.95 bits per heavy atom. The second-order valence-electron chi connectivity index (χ2n) is 6.05. The maximum Gasteiger partial charge on any atom is 0.231 e. The van der Waals surface area contributed by atoms with E-state index in [4.69, 9.17) is 0 Å². The predicted octanol–water partition coefficient (Wildman–Crippen LogP) is 1.12. The van der Waals surface area contributed by atoms with Gasteiger partial charge in [0.2, 0.25) is 17.8 Å². The fourth-order valence-electron chi connectivity index (χ4n) is 2.49. The minimum absolute atomic E-state index is 0.589. The molecule has 0 aliphatic carbocycles. The van der Waals surface area contributed by atoms with E-state index in [9.17, 15) is 0 Å². The number of hydrogen-bond donors (Lipinski definition) is 2. The monoisotopic (exact) mass is 293 g/mol. The zero-order chi connectivity index (χ0) is 15.4. The molecule has 1 saturated heterocycles. The summed E-state index contributed by atoms with van der Waals surface area (Å²) in [5, 5.41) is 6.34. The molecule has 1 aliphatic heterocycles. The van der Waals surface area contributed by atoms with E-state index in [1.807, 2.05) is 26.0 Å². The number of aromatic nitrogens is 3. The van der Waals surface area contributed by atoms with Crippen molar-refractivity contribution < 1.29 is 0 Å². The molecule has 21 heavy (non-hydrogen) atoms. The topological polar surface area (TPSA) is 69.2 Å². The van der Waals surface area contributed by atoms with Gasteiger partial charge in [-0.1, -0.05) is 0 Å². The molecule has 1 aliphatic rings. The molecule has 1 aromatic rings. The largest absolute Gasteiger partial charge is 0.357 e. The summed E-state index contributed by atoms with van der Waals surface area (Å²) in [6.07, 6.45) is 1.23. The molecule has 0 saturated carbocycles. The van der Waals surface area contributed by atoms with Gasteiger partial charge in [0.15, 0.2) is 0 Å². The number of nitrogens with zero attached hydrogens (tertiary/aromatic N) is 5. The molecule has 0 aromatic carbocycles. The summed E-state index contributed by atoms with van der Waals surface area (Å²) in [6, 6.07) is 0.628. The van der Waals surface area contributed by atoms with Gasteiger partial charge in [0.1, 0.15) is 0 Å². The SMILES string of the molecule is CNc1nc(NCC2CCN(C(C)C)C2)nc(N(C)C)n1. The first-order chi connectivity index (χ1) is 9.99. The van der Waals surface area contributed by atoms with Crippen molar-refractivity contribution >= 4 is 17.8 Å². The minimum Gasteiger partial charge on any atom is -0.357 e. The fraction of sp³-hybridized carbons (Fsp3) is 0.786. The third kappa shape index (κ3) is 4.17. The first-order valence-electron chi connectivity index (χ1n) is 7.58. The Bertz CT molecular complexity index is 461. The number of nitrogens with one attached hydrogen (secondary N) is 2. The van der Waals surface area contributed by atoms with Crippen molar-refractivity contribution in [2.24, 2.45) is 5.92 Å². The average molecular weight is 293 g/mol. The van der Waals surface area contributed by atoms with Gasteiger partial charge < -0.3 is 20.4 Å². The maximum absolute atomic E-state index is 4.43. The van der Waals surface area contributed by atoms with Crippen LogP contribution >= 0.6 is 0 Å². The van der Waals surface area contributed by atoms with Crippen molar-refractivity contribution in [3.05, 3.63) is 0 Å². The molecule has 1 atom stereocenters. The fourth-order valence-corrected chi connectivity index (χ4v) is 2.49. The van der Waals surface area contributed by atoms with E-state index in [0.29, 0.717) is 29.8 Å². The number of anilines is 3. The molecular weight excluding hydrogens is 266 g/mol. The van der Waals surface area contributed by atoms with E-state index in [1.54, 1.807) is 0 Å². The van der Waals surface area contributed by atoms with Gasteiger partial charge >= 0.3 is 0 Å². The Morgan fingerprint density at radius 1 is 1.24 bits per heavy atom. The summed E-state index contributed by atoms with van der Waals surface area (Å²) in [5.41, 5.74) is 0. The predicted molar refractivity (Wildman–Crippen MR) is 87.0 cm³/mol. The Hall–Kier alpha value is -1.63. The second-order valence-corrected chi connectivity index (χ2v) is 6.05. The third-order valence-electron chi connectivity index (χ3n) is 3.84. The van der Waals surface area contributed by atoms with Gasteiger partial charge in [-0.05, 0) is 32.7 Å². The second kappa shape index (κ2) is 6.89. The zero-order valence-corrected chi connectivity index (χ0v) is 13.7. The molecule has 0 spiro atoms. The van der Waals surface area contributed by atoms with Crippen LogP contribution in [-0.2, 0) is 0 Å². The van der Waals surface area contributed by atoms with Crippen molar-refractivity contribution in [2.45, 2.75) is 26.3 Å². The number of rotatable bonds is 6. The summed E-state index contributed by atoms with van der Waals surface area (Å²) >= 11 is 0. The molecule has 7 heteroatoms. The molecule has 2 N–H and O–H groups in total. The van der Waals surface area contributed by atoms with Crippen LogP contribution in [0, 0.1) is 5.92 Å². The lowest BCUT2D eigenvalue weighted by Gasteiger charge is -2.20. The van der Waals surface area contributed by atoms with Gasteiger partial charge in [-0.15, -0.1) is 0 Å². The van der Waals surface area contributed by atoms with Gasteiger partial charge in [0.25, 0.3) is 0 Å². The van der Waals surface area contributed by atoms with Crippen LogP contribution in [-0.4, -0.2) is 66.7 Å². The summed E-state index contributed by atoms with van der Waals surface area (Å²) in [4.78, 5) is 17.5. The third-order valence-corrected chi connectivity index (χ3v) is 3.84. The molecule has 1 unspecified atom stereocenters. The quantitative estimate of drug-likeness (QED) is 0.814. The van der Waals surface area contributed by atoms with Crippen molar-refractivity contribution in [1.29, 1.82) is 0 Å². The molecule has 0 amide bonds. The summed E-state index contributed by atoms with van der Waals surface area (Å²) in [6.45, 7) is 7.75. The molecule has 118 valence electrons. The Balaban J connectivity index is 1.95. The molecule has 0 radical (unpaired) electrons. The van der Waals surface area contributed by atoms with E-state index in [-0.39, 0.29) is 0 Å². The van der Waals surface area contributed by atoms with Gasteiger partial charge in [-0.2, -0.15) is 15.0 Å². The lowest BCUT2D eigenvalue weighted by atomic mass is 10.1. The van der Waals surface area contributed by atoms with E-state index < -0.39 is 0 Å². The van der Waals surface area contributed by atoms with Gasteiger partial charge in [-0.25, -0.2) is 0 Å². The first kappa shape index (κ1) is 15.8. The lowest BCUT2D eigenvalue weighted by molar-refractivity contribution is 0.266. The molecule has 7 nitrogen and oxygen atoms in total. The van der Waals surface area contributed by atoms with Crippen LogP contribution in [0.15, 0.2) is 0 Å². The van der Waals surface area contributed by atoms with Gasteiger partial charge in [0.05, 0.1) is 0 Å². The van der Waals surface area contributed by atoms with E-state index in [0.717, 1.165) is 13.1 Å². The van der Waals surface area contributed by atoms with Crippen LogP contribution in [0.3, 0.4) is 0 Å². The molecule has 1 aromatic heterocycles. The zero-order valence-electron chi connectivity index (χ0n) is 13.7. The Kier molecular flexibility index (Phi) is 5.17. The highest BCUT2D eigenvalue weighted by Crippen LogP contribution is 2.19. The van der Waals surface area contributed by atoms with Crippen LogP contribution in [0.1, 0.15) is 20.3 Å². The van der Waals surface area contributed by atoms with Crippen LogP contribution in [0.5, 0.6) is 0 Å². The van der Waals surface area contributed by atoms with E-state index in [2.05, 4.69) is 44.3 Å². The summed E-state index contributed by atoms with van der Waals surface area (Å²) in [5.74, 6) is 2.55. The highest BCUT2D eigenvalue weighted by molar-refractivity contribution is 5.42. The maximum atomic E-state index is 4.43. The van der Waals surface area contributed by atoms with Crippen LogP contribution in [0.25, 0.3) is 0 Å². The van der Waals surface area contributed by atoms with Gasteiger partial charge in [0, 0.05) is 40.3 Å². The van der Waals surface area contributed by atoms with Gasteiger partial charge in [-0.3, -0.25) is 0 Å². The van der Waals surface area contributed by atoms with Crippen molar-refractivity contribution in [1.82, 2.24) is 19.9 Å². The smallest absolute Gasteiger partial charge is 0.231 e. The number of hydrogen-bond acceptors (Lipinski definition) is 7. The van der Waals surface area contributed by atoms with E-state index in [1.165, 1.54) is 13.0 Å². The molecule has 2 rings (SSSR count). The first-order valence-corrected chi connectivity index (χ1v) is 7.58. The molecule has 1 fully saturated rings. The van der Waals surface area contributed by atoms with E-state index >= 15 is 0 Å². The van der Waals surface area contributed by atoms with Crippen LogP contribution in [0.2, 0.25) is 0 Å². The van der Waals surface area contributed by atoms with Crippen molar-refractivity contribution in [3.8, 4) is 0 Å². The van der Waals surface area contributed by atoms with Crippen LogP contribution in [0.4, 0.5) is 17.8 Å². The highest BCUT2D eigenvalue weighted by Gasteiger charge is 2.24. The number of likely N-dealkylation sites (tertiary alicyclic amines) is 1. The molecular formula is C14H27N7. The normalized spacial score (nSPS) is 19.0. The van der Waals surface area contributed by atoms with Crippen LogP contribution < -0.4 is 15.5 Å². The van der Waals surface area contributed by atoms with Crippen molar-refractivity contribution in [2.75, 3.05) is 56.3 Å². The van der Waals surface area contributed by atoms with Crippen molar-refractivity contribution in [3.63, 3.8) is 0 Å². The Labute approximate surface area is 127 Å². The average Bonchev–Trinajstić information content (AvgIpc) is 2.93. The highest BCUT2D eigenvalue weighted by atomic mass is 15.3. The summed E-state index contributed by atoms with van der Waals surface area (Å²) in [7, 11) is 5.67. The lowest BCUT2D eigenvalue weighted by Crippen LogP contribution is -2.29. The summed E-state index contributed by atoms with van der Waals surface area (Å²) < 4.78 is 0. The molecule has 2 heterocycles. The molecule has 0 bridgehead atoms.